The van der Waals surface area contributed by atoms with Crippen LogP contribution in [0, 0.1) is 0 Å². The van der Waals surface area contributed by atoms with Crippen molar-refractivity contribution in [3.8, 4) is 0 Å². The molecule has 0 radical (unpaired) electrons. The van der Waals surface area contributed by atoms with E-state index in [1.165, 1.54) is 0 Å². The Balaban J connectivity index is 1.75. The Bertz CT molecular complexity index is 1030. The predicted octanol–water partition coefficient (Wildman–Crippen LogP) is 7.87. The van der Waals surface area contributed by atoms with Gasteiger partial charge in [-0.2, -0.15) is 0 Å². The normalized spacial score (nSPS) is 11.3. The van der Waals surface area contributed by atoms with Gasteiger partial charge in [-0.15, -0.1) is 0 Å². The van der Waals surface area contributed by atoms with Gasteiger partial charge in [-0.05, 0) is 73.7 Å². The summed E-state index contributed by atoms with van der Waals surface area (Å²) in [5, 5.41) is 7.68. The lowest BCUT2D eigenvalue weighted by Crippen LogP contribution is -2.21. The molecule has 0 fully saturated rings. The third kappa shape index (κ3) is 5.51. The van der Waals surface area contributed by atoms with Gasteiger partial charge in [-0.1, -0.05) is 119 Å². The van der Waals surface area contributed by atoms with Crippen LogP contribution in [0.4, 0.5) is 0 Å². The summed E-state index contributed by atoms with van der Waals surface area (Å²) in [5.41, 5.74) is 0. The van der Waals surface area contributed by atoms with Crippen molar-refractivity contribution in [2.24, 2.45) is 0 Å². The van der Waals surface area contributed by atoms with E-state index in [0.717, 1.165) is 53.6 Å². The Labute approximate surface area is 212 Å². The van der Waals surface area contributed by atoms with Gasteiger partial charge in [-0.3, -0.25) is 0 Å². The van der Waals surface area contributed by atoms with E-state index in [1.54, 1.807) is 0 Å². The summed E-state index contributed by atoms with van der Waals surface area (Å²) in [5.74, 6) is 0. The highest BCUT2D eigenvalue weighted by molar-refractivity contribution is 7.77. The minimum Gasteiger partial charge on any atom is -0.0836 e. The average Bonchev–Trinajstić information content (AvgIpc) is 2.80. The number of benzene rings is 4. The molecule has 0 aliphatic heterocycles. The summed E-state index contributed by atoms with van der Waals surface area (Å²) >= 11 is 26.6. The van der Waals surface area contributed by atoms with Gasteiger partial charge < -0.3 is 0 Å². The van der Waals surface area contributed by atoms with E-state index in [1.807, 2.05) is 72.8 Å². The van der Waals surface area contributed by atoms with E-state index < -0.39 is 15.8 Å². The molecule has 0 nitrogen and oxygen atoms in total. The molecule has 0 unspecified atom stereocenters. The molecule has 0 saturated carbocycles. The second-order valence-electron chi connectivity index (χ2n) is 7.11. The number of rotatable bonds is 7. The largest absolute Gasteiger partial charge is 0.0836 e. The van der Waals surface area contributed by atoms with Crippen LogP contribution >= 0.6 is 62.2 Å². The first kappa shape index (κ1) is 24.0. The van der Waals surface area contributed by atoms with Crippen LogP contribution in [0.5, 0.6) is 0 Å². The molecule has 0 N–H and O–H groups in total. The van der Waals surface area contributed by atoms with Crippen molar-refractivity contribution in [1.29, 1.82) is 0 Å². The van der Waals surface area contributed by atoms with Crippen LogP contribution in [0.25, 0.3) is 0 Å². The van der Waals surface area contributed by atoms with Gasteiger partial charge in [0.15, 0.2) is 0 Å². The van der Waals surface area contributed by atoms with Crippen molar-refractivity contribution >= 4 is 83.5 Å². The minimum atomic E-state index is -0.759. The topological polar surface area (TPSA) is 0 Å². The van der Waals surface area contributed by atoms with Crippen molar-refractivity contribution in [2.75, 3.05) is 12.3 Å². The van der Waals surface area contributed by atoms with Gasteiger partial charge in [0.25, 0.3) is 0 Å². The van der Waals surface area contributed by atoms with Crippen LogP contribution in [0.15, 0.2) is 97.1 Å². The Morgan fingerprint density at radius 1 is 0.375 bits per heavy atom. The first-order valence-corrected chi connectivity index (χ1v) is 14.7. The molecular formula is C26H20Cl4P2. The predicted molar refractivity (Wildman–Crippen MR) is 148 cm³/mol. The molecule has 4 aromatic rings. The highest BCUT2D eigenvalue weighted by Gasteiger charge is 2.24. The zero-order chi connectivity index (χ0) is 22.5. The molecule has 4 rings (SSSR count). The van der Waals surface area contributed by atoms with Crippen LogP contribution in [-0.4, -0.2) is 12.3 Å². The van der Waals surface area contributed by atoms with Crippen LogP contribution < -0.4 is 21.2 Å². The molecule has 6 heteroatoms. The maximum absolute atomic E-state index is 6.66. The highest BCUT2D eigenvalue weighted by atomic mass is 35.5. The number of hydrogen-bond donors (Lipinski definition) is 0. The molecule has 0 atom stereocenters. The van der Waals surface area contributed by atoms with Gasteiger partial charge in [0.05, 0.1) is 0 Å². The smallest absolute Gasteiger partial charge is 0.0486 e. The van der Waals surface area contributed by atoms with Crippen molar-refractivity contribution in [1.82, 2.24) is 0 Å². The second kappa shape index (κ2) is 11.4. The summed E-state index contributed by atoms with van der Waals surface area (Å²) in [6.45, 7) is 0. The quantitative estimate of drug-likeness (QED) is 0.211. The Morgan fingerprint density at radius 3 is 0.812 bits per heavy atom. The third-order valence-electron chi connectivity index (χ3n) is 5.12. The highest BCUT2D eigenvalue weighted by Crippen LogP contribution is 2.45. The summed E-state index contributed by atoms with van der Waals surface area (Å²) in [7, 11) is -1.52. The Kier molecular flexibility index (Phi) is 8.53. The molecule has 0 amide bonds. The van der Waals surface area contributed by atoms with E-state index in [2.05, 4.69) is 24.3 Å². The van der Waals surface area contributed by atoms with Gasteiger partial charge >= 0.3 is 0 Å². The van der Waals surface area contributed by atoms with Gasteiger partial charge in [-0.25, -0.2) is 0 Å². The summed E-state index contributed by atoms with van der Waals surface area (Å²) in [4.78, 5) is 0. The molecule has 0 saturated heterocycles. The van der Waals surface area contributed by atoms with E-state index >= 15 is 0 Å². The van der Waals surface area contributed by atoms with Gasteiger partial charge in [0, 0.05) is 20.1 Å². The van der Waals surface area contributed by atoms with E-state index in [4.69, 9.17) is 46.4 Å². The molecule has 0 aliphatic rings. The SMILES string of the molecule is Clc1ccccc1P(CCP(c1ccccc1Cl)c1ccccc1Cl)c1ccccc1Cl. The first-order valence-electron chi connectivity index (χ1n) is 10.1. The zero-order valence-corrected chi connectivity index (χ0v) is 21.9. The lowest BCUT2D eigenvalue weighted by atomic mass is 10.4. The molecule has 0 aromatic heterocycles. The summed E-state index contributed by atoms with van der Waals surface area (Å²) < 4.78 is 0. The molecule has 4 aromatic carbocycles. The monoisotopic (exact) mass is 534 g/mol. The summed E-state index contributed by atoms with van der Waals surface area (Å²) in [6, 6.07) is 32.3. The first-order chi connectivity index (χ1) is 15.6. The standard InChI is InChI=1S/C26H20Cl4P2/c27-19-9-1-5-13-23(19)31(24-14-6-2-10-20(24)28)17-18-32(25-15-7-3-11-21(25)29)26-16-8-4-12-22(26)30/h1-16H,17-18H2. The minimum absolute atomic E-state index is 0.759. The van der Waals surface area contributed by atoms with Crippen LogP contribution in [0.3, 0.4) is 0 Å². The van der Waals surface area contributed by atoms with E-state index in [-0.39, 0.29) is 0 Å². The van der Waals surface area contributed by atoms with Crippen molar-refractivity contribution in [3.05, 3.63) is 117 Å². The zero-order valence-electron chi connectivity index (χ0n) is 17.1. The van der Waals surface area contributed by atoms with Gasteiger partial charge in [0.2, 0.25) is 0 Å². The Hall–Kier alpha value is -1.10. The fourth-order valence-corrected chi connectivity index (χ4v) is 10.9. The van der Waals surface area contributed by atoms with Crippen LogP contribution in [-0.2, 0) is 0 Å². The summed E-state index contributed by atoms with van der Waals surface area (Å²) in [6.07, 6.45) is 1.84. The lowest BCUT2D eigenvalue weighted by molar-refractivity contribution is 1.51. The molecule has 0 heterocycles. The van der Waals surface area contributed by atoms with Crippen LogP contribution in [0.2, 0.25) is 20.1 Å². The lowest BCUT2D eigenvalue weighted by Gasteiger charge is -2.26. The van der Waals surface area contributed by atoms with E-state index in [0.29, 0.717) is 0 Å². The number of hydrogen-bond acceptors (Lipinski definition) is 0. The maximum atomic E-state index is 6.66. The molecule has 0 bridgehead atoms. The fourth-order valence-electron chi connectivity index (χ4n) is 3.62. The van der Waals surface area contributed by atoms with Crippen molar-refractivity contribution in [2.45, 2.75) is 0 Å². The third-order valence-corrected chi connectivity index (χ3v) is 12.5. The second-order valence-corrected chi connectivity index (χ2v) is 13.3. The average molecular weight is 536 g/mol. The maximum Gasteiger partial charge on any atom is 0.0486 e. The molecule has 32 heavy (non-hydrogen) atoms. The molecule has 0 aliphatic carbocycles. The van der Waals surface area contributed by atoms with Crippen molar-refractivity contribution in [3.63, 3.8) is 0 Å². The van der Waals surface area contributed by atoms with E-state index in [9.17, 15) is 0 Å². The number of halogens is 4. The molecule has 0 spiro atoms. The van der Waals surface area contributed by atoms with Gasteiger partial charge in [0.1, 0.15) is 0 Å². The fraction of sp³-hybridized carbons (Fsp3) is 0.0769. The van der Waals surface area contributed by atoms with Crippen LogP contribution in [0.1, 0.15) is 0 Å². The molecular weight excluding hydrogens is 516 g/mol. The Morgan fingerprint density at radius 2 is 0.594 bits per heavy atom. The molecule has 162 valence electrons. The van der Waals surface area contributed by atoms with Crippen molar-refractivity contribution < 1.29 is 0 Å².